The van der Waals surface area contributed by atoms with E-state index in [0.29, 0.717) is 6.54 Å². The van der Waals surface area contributed by atoms with Crippen LogP contribution in [0.1, 0.15) is 10.4 Å². The molecule has 0 atom stereocenters. The molecule has 2 rings (SSSR count). The standard InChI is InChI=1S/C13H16ClN3S/c1-17(9-11-4-5-12(14)18-11)13-10(6-7-15)3-2-8-16-13/h2-5,8H,6-7,9,15H2,1H3. The highest BCUT2D eigenvalue weighted by Crippen LogP contribution is 2.25. The molecule has 18 heavy (non-hydrogen) atoms. The fraction of sp³-hybridized carbons (Fsp3) is 0.308. The highest BCUT2D eigenvalue weighted by molar-refractivity contribution is 7.16. The van der Waals surface area contributed by atoms with Crippen LogP contribution in [0.25, 0.3) is 0 Å². The monoisotopic (exact) mass is 281 g/mol. The molecule has 2 N–H and O–H groups in total. The van der Waals surface area contributed by atoms with Crippen LogP contribution >= 0.6 is 22.9 Å². The van der Waals surface area contributed by atoms with E-state index in [1.54, 1.807) is 11.3 Å². The summed E-state index contributed by atoms with van der Waals surface area (Å²) in [6.07, 6.45) is 2.66. The number of pyridine rings is 1. The Morgan fingerprint density at radius 1 is 1.39 bits per heavy atom. The quantitative estimate of drug-likeness (QED) is 0.916. The Kier molecular flexibility index (Phi) is 4.58. The molecule has 0 aliphatic carbocycles. The van der Waals surface area contributed by atoms with E-state index in [2.05, 4.69) is 22.0 Å². The van der Waals surface area contributed by atoms with Gasteiger partial charge in [-0.05, 0) is 36.7 Å². The first-order valence-electron chi connectivity index (χ1n) is 5.80. The average molecular weight is 282 g/mol. The van der Waals surface area contributed by atoms with Crippen molar-refractivity contribution in [1.82, 2.24) is 4.98 Å². The van der Waals surface area contributed by atoms with Gasteiger partial charge in [0, 0.05) is 18.1 Å². The van der Waals surface area contributed by atoms with Gasteiger partial charge in [0.05, 0.1) is 10.9 Å². The van der Waals surface area contributed by atoms with Crippen LogP contribution in [-0.2, 0) is 13.0 Å². The zero-order chi connectivity index (χ0) is 13.0. The number of hydrogen-bond acceptors (Lipinski definition) is 4. The molecule has 2 heterocycles. The fourth-order valence-electron chi connectivity index (χ4n) is 1.87. The number of anilines is 1. The van der Waals surface area contributed by atoms with Gasteiger partial charge in [0.15, 0.2) is 0 Å². The van der Waals surface area contributed by atoms with Crippen molar-refractivity contribution in [3.63, 3.8) is 0 Å². The van der Waals surface area contributed by atoms with Gasteiger partial charge in [-0.2, -0.15) is 0 Å². The summed E-state index contributed by atoms with van der Waals surface area (Å²) >= 11 is 7.54. The van der Waals surface area contributed by atoms with Gasteiger partial charge in [0.25, 0.3) is 0 Å². The SMILES string of the molecule is CN(Cc1ccc(Cl)s1)c1ncccc1CCN. The van der Waals surface area contributed by atoms with Gasteiger partial charge in [-0.25, -0.2) is 4.98 Å². The predicted octanol–water partition coefficient (Wildman–Crippen LogP) is 2.93. The van der Waals surface area contributed by atoms with Crippen LogP contribution in [0.4, 0.5) is 5.82 Å². The maximum atomic E-state index is 5.94. The first kappa shape index (κ1) is 13.3. The van der Waals surface area contributed by atoms with Crippen LogP contribution in [0.2, 0.25) is 4.34 Å². The van der Waals surface area contributed by atoms with Gasteiger partial charge in [-0.1, -0.05) is 17.7 Å². The molecule has 0 aromatic carbocycles. The molecule has 0 unspecified atom stereocenters. The van der Waals surface area contributed by atoms with E-state index in [-0.39, 0.29) is 0 Å². The number of halogens is 1. The lowest BCUT2D eigenvalue weighted by Gasteiger charge is -2.20. The van der Waals surface area contributed by atoms with Gasteiger partial charge in [0.2, 0.25) is 0 Å². The second-order valence-corrected chi connectivity index (χ2v) is 5.89. The number of rotatable bonds is 5. The summed E-state index contributed by atoms with van der Waals surface area (Å²) < 4.78 is 0.821. The molecule has 0 bridgehead atoms. The van der Waals surface area contributed by atoms with E-state index < -0.39 is 0 Å². The van der Waals surface area contributed by atoms with E-state index in [0.717, 1.165) is 23.1 Å². The summed E-state index contributed by atoms with van der Waals surface area (Å²) in [4.78, 5) is 7.80. The van der Waals surface area contributed by atoms with Gasteiger partial charge in [0.1, 0.15) is 5.82 Å². The van der Waals surface area contributed by atoms with Crippen LogP contribution in [0.3, 0.4) is 0 Å². The van der Waals surface area contributed by atoms with E-state index in [1.165, 1.54) is 10.4 Å². The van der Waals surface area contributed by atoms with Gasteiger partial charge < -0.3 is 10.6 Å². The van der Waals surface area contributed by atoms with Gasteiger partial charge in [-0.15, -0.1) is 11.3 Å². The molecule has 5 heteroatoms. The van der Waals surface area contributed by atoms with Gasteiger partial charge in [-0.3, -0.25) is 0 Å². The summed E-state index contributed by atoms with van der Waals surface area (Å²) in [6.45, 7) is 1.45. The van der Waals surface area contributed by atoms with E-state index in [1.807, 2.05) is 25.4 Å². The molecule has 0 spiro atoms. The van der Waals surface area contributed by atoms with Crippen molar-refractivity contribution in [2.75, 3.05) is 18.5 Å². The van der Waals surface area contributed by atoms with Crippen LogP contribution in [0.5, 0.6) is 0 Å². The lowest BCUT2D eigenvalue weighted by Crippen LogP contribution is -2.19. The van der Waals surface area contributed by atoms with Crippen molar-refractivity contribution >= 4 is 28.8 Å². The lowest BCUT2D eigenvalue weighted by molar-refractivity contribution is 0.876. The summed E-state index contributed by atoms with van der Waals surface area (Å²) in [5.41, 5.74) is 6.81. The number of aromatic nitrogens is 1. The Bertz CT molecular complexity index is 512. The molecule has 2 aromatic heterocycles. The Labute approximate surface area is 116 Å². The lowest BCUT2D eigenvalue weighted by atomic mass is 10.2. The first-order valence-corrected chi connectivity index (χ1v) is 6.99. The van der Waals surface area contributed by atoms with Crippen LogP contribution in [-0.4, -0.2) is 18.6 Å². The van der Waals surface area contributed by atoms with Crippen LogP contribution < -0.4 is 10.6 Å². The molecule has 0 saturated heterocycles. The molecule has 0 radical (unpaired) electrons. The largest absolute Gasteiger partial charge is 0.354 e. The third kappa shape index (κ3) is 3.22. The topological polar surface area (TPSA) is 42.2 Å². The molecular formula is C13H16ClN3S. The third-order valence-electron chi connectivity index (χ3n) is 2.66. The molecule has 3 nitrogen and oxygen atoms in total. The Hall–Kier alpha value is -1.10. The predicted molar refractivity (Wildman–Crippen MR) is 78.4 cm³/mol. The second kappa shape index (κ2) is 6.18. The van der Waals surface area contributed by atoms with Crippen LogP contribution in [0.15, 0.2) is 30.5 Å². The fourth-order valence-corrected chi connectivity index (χ4v) is 3.01. The van der Waals surface area contributed by atoms with Crippen molar-refractivity contribution in [1.29, 1.82) is 0 Å². The van der Waals surface area contributed by atoms with E-state index in [9.17, 15) is 0 Å². The first-order chi connectivity index (χ1) is 8.70. The summed E-state index contributed by atoms with van der Waals surface area (Å²) in [5, 5.41) is 0. The summed E-state index contributed by atoms with van der Waals surface area (Å²) in [5.74, 6) is 0.993. The normalized spacial score (nSPS) is 10.6. The van der Waals surface area contributed by atoms with Crippen molar-refractivity contribution in [3.05, 3.63) is 45.2 Å². The van der Waals surface area contributed by atoms with Crippen molar-refractivity contribution in [3.8, 4) is 0 Å². The zero-order valence-electron chi connectivity index (χ0n) is 10.3. The minimum atomic E-state index is 0.636. The third-order valence-corrected chi connectivity index (χ3v) is 3.88. The minimum absolute atomic E-state index is 0.636. The molecular weight excluding hydrogens is 266 g/mol. The molecule has 96 valence electrons. The zero-order valence-corrected chi connectivity index (χ0v) is 11.8. The highest BCUT2D eigenvalue weighted by atomic mass is 35.5. The van der Waals surface area contributed by atoms with E-state index >= 15 is 0 Å². The van der Waals surface area contributed by atoms with Crippen molar-refractivity contribution in [2.24, 2.45) is 5.73 Å². The summed E-state index contributed by atoms with van der Waals surface area (Å²) in [7, 11) is 2.04. The van der Waals surface area contributed by atoms with Gasteiger partial charge >= 0.3 is 0 Å². The molecule has 0 aliphatic heterocycles. The second-order valence-electron chi connectivity index (χ2n) is 4.09. The molecule has 0 aliphatic rings. The Balaban J connectivity index is 2.15. The summed E-state index contributed by atoms with van der Waals surface area (Å²) in [6, 6.07) is 8.00. The average Bonchev–Trinajstić information content (AvgIpc) is 2.76. The molecule has 2 aromatic rings. The van der Waals surface area contributed by atoms with Crippen LogP contribution in [0, 0.1) is 0 Å². The minimum Gasteiger partial charge on any atom is -0.354 e. The molecule has 0 saturated carbocycles. The number of nitrogens with two attached hydrogens (primary N) is 1. The van der Waals surface area contributed by atoms with Crippen molar-refractivity contribution < 1.29 is 0 Å². The Morgan fingerprint density at radius 2 is 2.22 bits per heavy atom. The maximum absolute atomic E-state index is 5.94. The molecule has 0 amide bonds. The number of thiophene rings is 1. The van der Waals surface area contributed by atoms with E-state index in [4.69, 9.17) is 17.3 Å². The molecule has 0 fully saturated rings. The Morgan fingerprint density at radius 3 is 2.89 bits per heavy atom. The number of hydrogen-bond donors (Lipinski definition) is 1. The number of nitrogens with zero attached hydrogens (tertiary/aromatic N) is 2. The highest BCUT2D eigenvalue weighted by Gasteiger charge is 2.09. The van der Waals surface area contributed by atoms with Crippen molar-refractivity contribution in [2.45, 2.75) is 13.0 Å². The maximum Gasteiger partial charge on any atom is 0.131 e. The smallest absolute Gasteiger partial charge is 0.131 e.